The first-order chi connectivity index (χ1) is 16.3. The van der Waals surface area contributed by atoms with Crippen LogP contribution in [0.5, 0.6) is 0 Å². The van der Waals surface area contributed by atoms with E-state index in [1.165, 1.54) is 0 Å². The van der Waals surface area contributed by atoms with Crippen molar-refractivity contribution in [2.45, 2.75) is 18.4 Å². The number of nitrogens with two attached hydrogens (primary N) is 1. The molecule has 1 atom stereocenters. The van der Waals surface area contributed by atoms with Gasteiger partial charge in [0.05, 0.1) is 13.0 Å². The Morgan fingerprint density at radius 2 is 1.44 bits per heavy atom. The minimum absolute atomic E-state index is 0.0837. The van der Waals surface area contributed by atoms with Gasteiger partial charge in [-0.05, 0) is 22.3 Å². The zero-order chi connectivity index (χ0) is 24.7. The summed E-state index contributed by atoms with van der Waals surface area (Å²) in [4.78, 5) is 57.6. The summed E-state index contributed by atoms with van der Waals surface area (Å²) >= 11 is 0. The highest BCUT2D eigenvalue weighted by molar-refractivity contribution is 5.91. The van der Waals surface area contributed by atoms with Crippen molar-refractivity contribution in [3.63, 3.8) is 0 Å². The van der Waals surface area contributed by atoms with Gasteiger partial charge in [-0.1, -0.05) is 48.5 Å². The highest BCUT2D eigenvalue weighted by Gasteiger charge is 2.29. The topological polar surface area (TPSA) is 177 Å². The van der Waals surface area contributed by atoms with Crippen molar-refractivity contribution >= 4 is 29.8 Å². The summed E-state index contributed by atoms with van der Waals surface area (Å²) in [6.45, 7) is -0.915. The zero-order valence-electron chi connectivity index (χ0n) is 18.1. The predicted octanol–water partition coefficient (Wildman–Crippen LogP) is 0.0861. The van der Waals surface area contributed by atoms with Crippen LogP contribution >= 0.6 is 0 Å². The van der Waals surface area contributed by atoms with E-state index in [2.05, 4.69) is 16.0 Å². The van der Waals surface area contributed by atoms with Crippen LogP contribution in [0.15, 0.2) is 48.5 Å². The molecule has 0 unspecified atom stereocenters. The Labute approximate surface area is 194 Å². The number of aliphatic carboxylic acids is 1. The molecule has 1 aliphatic carbocycles. The van der Waals surface area contributed by atoms with Crippen molar-refractivity contribution in [3.8, 4) is 11.1 Å². The van der Waals surface area contributed by atoms with Crippen LogP contribution < -0.4 is 21.7 Å². The molecule has 1 aliphatic rings. The molecule has 2 aromatic rings. The summed E-state index contributed by atoms with van der Waals surface area (Å²) in [5.41, 5.74) is 9.21. The first kappa shape index (κ1) is 24.2. The molecule has 0 spiro atoms. The fourth-order valence-corrected chi connectivity index (χ4v) is 3.69. The Kier molecular flexibility index (Phi) is 7.80. The molecule has 4 amide bonds. The third-order valence-electron chi connectivity index (χ3n) is 5.22. The van der Waals surface area contributed by atoms with Crippen molar-refractivity contribution in [1.29, 1.82) is 0 Å². The Bertz CT molecular complexity index is 1070. The lowest BCUT2D eigenvalue weighted by atomic mass is 9.98. The molecule has 11 nitrogen and oxygen atoms in total. The Morgan fingerprint density at radius 1 is 0.882 bits per heavy atom. The number of amides is 4. The van der Waals surface area contributed by atoms with E-state index in [0.29, 0.717) is 0 Å². The Balaban J connectivity index is 1.42. The van der Waals surface area contributed by atoms with Crippen molar-refractivity contribution in [2.24, 2.45) is 5.73 Å². The number of hydrogen-bond donors (Lipinski definition) is 5. The summed E-state index contributed by atoms with van der Waals surface area (Å²) < 4.78 is 5.31. The minimum Gasteiger partial charge on any atom is -0.480 e. The van der Waals surface area contributed by atoms with Crippen LogP contribution in [0.25, 0.3) is 11.1 Å². The second-order valence-electron chi connectivity index (χ2n) is 7.58. The van der Waals surface area contributed by atoms with Gasteiger partial charge in [-0.3, -0.25) is 14.4 Å². The van der Waals surface area contributed by atoms with Gasteiger partial charge in [0.15, 0.2) is 0 Å². The second-order valence-corrected chi connectivity index (χ2v) is 7.58. The Hall–Kier alpha value is -4.41. The normalized spacial score (nSPS) is 12.6. The smallest absolute Gasteiger partial charge is 0.407 e. The van der Waals surface area contributed by atoms with Gasteiger partial charge < -0.3 is 31.5 Å². The quantitative estimate of drug-likeness (QED) is 0.328. The summed E-state index contributed by atoms with van der Waals surface area (Å²) in [5, 5.41) is 15.6. The predicted molar refractivity (Wildman–Crippen MR) is 119 cm³/mol. The molecule has 178 valence electrons. The average molecular weight is 468 g/mol. The number of carboxylic acid groups (broad SMARTS) is 1. The summed E-state index contributed by atoms with van der Waals surface area (Å²) in [6.07, 6.45) is -1.38. The van der Waals surface area contributed by atoms with E-state index < -0.39 is 55.3 Å². The molecular weight excluding hydrogens is 444 g/mol. The molecule has 34 heavy (non-hydrogen) atoms. The monoisotopic (exact) mass is 468 g/mol. The van der Waals surface area contributed by atoms with E-state index in [0.717, 1.165) is 22.3 Å². The molecule has 0 aromatic heterocycles. The van der Waals surface area contributed by atoms with Crippen molar-refractivity contribution in [2.75, 3.05) is 19.7 Å². The summed E-state index contributed by atoms with van der Waals surface area (Å²) in [6, 6.07) is 14.2. The van der Waals surface area contributed by atoms with Crippen molar-refractivity contribution in [3.05, 3.63) is 59.7 Å². The van der Waals surface area contributed by atoms with Gasteiger partial charge in [0.25, 0.3) is 0 Å². The number of benzene rings is 2. The van der Waals surface area contributed by atoms with Crippen LogP contribution in [0, 0.1) is 0 Å². The van der Waals surface area contributed by atoms with Gasteiger partial charge in [0.2, 0.25) is 17.7 Å². The molecule has 0 aliphatic heterocycles. The highest BCUT2D eigenvalue weighted by Crippen LogP contribution is 2.44. The number of alkyl carbamates (subject to hydrolysis) is 1. The number of hydrogen-bond acceptors (Lipinski definition) is 6. The van der Waals surface area contributed by atoms with Gasteiger partial charge in [0.1, 0.15) is 19.2 Å². The largest absolute Gasteiger partial charge is 0.480 e. The lowest BCUT2D eigenvalue weighted by Gasteiger charge is -2.15. The maximum atomic E-state index is 12.1. The number of carbonyl (C=O) groups is 5. The van der Waals surface area contributed by atoms with E-state index in [9.17, 15) is 24.0 Å². The molecule has 0 bridgehead atoms. The van der Waals surface area contributed by atoms with Crippen LogP contribution in [0.3, 0.4) is 0 Å². The number of primary amides is 1. The SMILES string of the molecule is NC(=O)C[C@H](NC(=O)CNC(=O)CNC(=O)OCC1c2ccccc2-c2ccccc21)C(=O)O. The maximum Gasteiger partial charge on any atom is 0.407 e. The minimum atomic E-state index is -1.50. The highest BCUT2D eigenvalue weighted by atomic mass is 16.5. The van der Waals surface area contributed by atoms with Gasteiger partial charge in [-0.15, -0.1) is 0 Å². The van der Waals surface area contributed by atoms with Crippen LogP contribution in [-0.2, 0) is 23.9 Å². The molecule has 0 radical (unpaired) electrons. The standard InChI is InChI=1S/C23H24N4O7/c24-19(28)9-18(22(31)32)27-21(30)11-25-20(29)10-26-23(33)34-12-17-15-7-3-1-5-13(15)14-6-2-4-8-16(14)17/h1-8,17-18H,9-12H2,(H2,24,28)(H,25,29)(H,26,33)(H,27,30)(H,31,32)/t18-/m0/s1. The number of fused-ring (bicyclic) bond motifs is 3. The number of carbonyl (C=O) groups excluding carboxylic acids is 4. The van der Waals surface area contributed by atoms with E-state index in [1.54, 1.807) is 0 Å². The van der Waals surface area contributed by atoms with Gasteiger partial charge in [0, 0.05) is 5.92 Å². The third kappa shape index (κ3) is 6.09. The average Bonchev–Trinajstić information content (AvgIpc) is 3.13. The lowest BCUT2D eigenvalue weighted by Crippen LogP contribution is -2.48. The second kappa shape index (κ2) is 10.9. The van der Waals surface area contributed by atoms with E-state index in [1.807, 2.05) is 48.5 Å². The van der Waals surface area contributed by atoms with Crippen molar-refractivity contribution < 1.29 is 33.8 Å². The molecule has 0 saturated carbocycles. The first-order valence-corrected chi connectivity index (χ1v) is 10.4. The fourth-order valence-electron chi connectivity index (χ4n) is 3.69. The molecule has 2 aromatic carbocycles. The summed E-state index contributed by atoms with van der Waals surface area (Å²) in [7, 11) is 0. The van der Waals surface area contributed by atoms with Crippen LogP contribution in [-0.4, -0.2) is 60.6 Å². The lowest BCUT2D eigenvalue weighted by molar-refractivity contribution is -0.143. The van der Waals surface area contributed by atoms with Gasteiger partial charge in [-0.2, -0.15) is 0 Å². The molecular formula is C23H24N4O7. The Morgan fingerprint density at radius 3 is 2.00 bits per heavy atom. The van der Waals surface area contributed by atoms with Crippen LogP contribution in [0.4, 0.5) is 4.79 Å². The maximum absolute atomic E-state index is 12.1. The molecule has 11 heteroatoms. The van der Waals surface area contributed by atoms with E-state index >= 15 is 0 Å². The molecule has 0 saturated heterocycles. The van der Waals surface area contributed by atoms with Crippen molar-refractivity contribution in [1.82, 2.24) is 16.0 Å². The van der Waals surface area contributed by atoms with E-state index in [-0.39, 0.29) is 12.5 Å². The van der Waals surface area contributed by atoms with Gasteiger partial charge in [-0.25, -0.2) is 9.59 Å². The molecule has 3 rings (SSSR count). The van der Waals surface area contributed by atoms with E-state index in [4.69, 9.17) is 15.6 Å². The number of ether oxygens (including phenoxy) is 1. The third-order valence-corrected chi connectivity index (χ3v) is 5.22. The van der Waals surface area contributed by atoms with Gasteiger partial charge >= 0.3 is 12.1 Å². The van der Waals surface area contributed by atoms with Crippen LogP contribution in [0.1, 0.15) is 23.5 Å². The molecule has 0 heterocycles. The molecule has 6 N–H and O–H groups in total. The van der Waals surface area contributed by atoms with Crippen LogP contribution in [0.2, 0.25) is 0 Å². The first-order valence-electron chi connectivity index (χ1n) is 10.4. The number of carboxylic acids is 1. The number of nitrogens with one attached hydrogen (secondary N) is 3. The fraction of sp³-hybridized carbons (Fsp3) is 0.261. The number of rotatable bonds is 10. The zero-order valence-corrected chi connectivity index (χ0v) is 18.1. The molecule has 0 fully saturated rings. The summed E-state index contributed by atoms with van der Waals surface area (Å²) in [5.74, 6) is -3.98.